The minimum Gasteiger partial charge on any atom is -0.349 e. The summed E-state index contributed by atoms with van der Waals surface area (Å²) < 4.78 is 11.6. The minimum atomic E-state index is 0.0463. The number of hydrogen-bond donors (Lipinski definition) is 0. The van der Waals surface area contributed by atoms with Crippen molar-refractivity contribution in [2.75, 3.05) is 0 Å². The van der Waals surface area contributed by atoms with Gasteiger partial charge in [0.15, 0.2) is 6.29 Å². The molecule has 1 aliphatic carbocycles. The van der Waals surface area contributed by atoms with Gasteiger partial charge >= 0.3 is 0 Å². The first-order valence-corrected chi connectivity index (χ1v) is 4.86. The summed E-state index contributed by atoms with van der Waals surface area (Å²) in [4.78, 5) is 0. The van der Waals surface area contributed by atoms with Crippen LogP contribution in [0.1, 0.15) is 33.6 Å². The first-order valence-electron chi connectivity index (χ1n) is 4.86. The number of rotatable bonds is 0. The van der Waals surface area contributed by atoms with Gasteiger partial charge < -0.3 is 9.47 Å². The van der Waals surface area contributed by atoms with Gasteiger partial charge in [-0.3, -0.25) is 0 Å². The Morgan fingerprint density at radius 2 is 2.00 bits per heavy atom. The van der Waals surface area contributed by atoms with Gasteiger partial charge in [0.05, 0.1) is 11.7 Å². The summed E-state index contributed by atoms with van der Waals surface area (Å²) in [6.45, 7) is 6.76. The van der Waals surface area contributed by atoms with Gasteiger partial charge in [-0.05, 0) is 26.2 Å². The molecular weight excluding hydrogens is 152 g/mol. The molecule has 2 heterocycles. The smallest absolute Gasteiger partial charge is 0.159 e. The third-order valence-electron chi connectivity index (χ3n) is 4.18. The Morgan fingerprint density at radius 1 is 1.25 bits per heavy atom. The van der Waals surface area contributed by atoms with Gasteiger partial charge in [0.25, 0.3) is 0 Å². The lowest BCUT2D eigenvalue weighted by atomic mass is 9.52. The van der Waals surface area contributed by atoms with Crippen LogP contribution in [-0.2, 0) is 9.47 Å². The van der Waals surface area contributed by atoms with Crippen molar-refractivity contribution in [2.24, 2.45) is 11.3 Å². The number of ether oxygens (including phenoxy) is 2. The van der Waals surface area contributed by atoms with Crippen LogP contribution < -0.4 is 0 Å². The first kappa shape index (κ1) is 7.34. The zero-order valence-electron chi connectivity index (χ0n) is 7.96. The van der Waals surface area contributed by atoms with Gasteiger partial charge in [0.1, 0.15) is 0 Å². The van der Waals surface area contributed by atoms with Gasteiger partial charge in [-0.1, -0.05) is 6.92 Å². The van der Waals surface area contributed by atoms with Crippen molar-refractivity contribution in [1.29, 1.82) is 0 Å². The molecule has 3 fully saturated rings. The van der Waals surface area contributed by atoms with Crippen LogP contribution in [0.4, 0.5) is 0 Å². The molecule has 3 aliphatic rings. The molecule has 0 aromatic carbocycles. The van der Waals surface area contributed by atoms with Crippen LogP contribution in [0, 0.1) is 11.3 Å². The van der Waals surface area contributed by atoms with Gasteiger partial charge in [-0.25, -0.2) is 0 Å². The zero-order chi connectivity index (χ0) is 8.56. The quantitative estimate of drug-likeness (QED) is 0.550. The monoisotopic (exact) mass is 168 g/mol. The van der Waals surface area contributed by atoms with E-state index < -0.39 is 0 Å². The Hall–Kier alpha value is -0.0800. The van der Waals surface area contributed by atoms with E-state index in [2.05, 4.69) is 20.8 Å². The van der Waals surface area contributed by atoms with Crippen molar-refractivity contribution in [3.63, 3.8) is 0 Å². The van der Waals surface area contributed by atoms with Crippen LogP contribution >= 0.6 is 0 Å². The highest BCUT2D eigenvalue weighted by Crippen LogP contribution is 2.64. The van der Waals surface area contributed by atoms with E-state index in [1.54, 1.807) is 0 Å². The second kappa shape index (κ2) is 1.73. The molecule has 4 atom stereocenters. The zero-order valence-corrected chi connectivity index (χ0v) is 7.96. The van der Waals surface area contributed by atoms with E-state index in [-0.39, 0.29) is 11.9 Å². The standard InChI is InChI=1S/C10H16O2/c1-9(2)6-4-7-10(6,3)5-8(11-7)12-9/h6-8H,4-5H2,1-3H3/t6-,7-,8+,10+/m1/s1. The molecule has 0 aromatic rings. The third-order valence-corrected chi connectivity index (χ3v) is 4.18. The highest BCUT2D eigenvalue weighted by atomic mass is 16.7. The van der Waals surface area contributed by atoms with E-state index in [0.29, 0.717) is 17.4 Å². The fraction of sp³-hybridized carbons (Fsp3) is 1.00. The summed E-state index contributed by atoms with van der Waals surface area (Å²) in [5.41, 5.74) is 0.483. The summed E-state index contributed by atoms with van der Waals surface area (Å²) in [5, 5.41) is 0. The van der Waals surface area contributed by atoms with Crippen molar-refractivity contribution in [2.45, 2.75) is 51.6 Å². The Labute approximate surface area is 73.2 Å². The molecule has 0 unspecified atom stereocenters. The molecule has 0 spiro atoms. The highest BCUT2D eigenvalue weighted by Gasteiger charge is 2.67. The van der Waals surface area contributed by atoms with E-state index in [9.17, 15) is 0 Å². The Bertz CT molecular complexity index is 236. The van der Waals surface area contributed by atoms with Crippen molar-refractivity contribution < 1.29 is 9.47 Å². The molecular formula is C10H16O2. The molecule has 0 N–H and O–H groups in total. The normalized spacial score (nSPS) is 59.8. The maximum atomic E-state index is 5.86. The predicted molar refractivity (Wildman–Crippen MR) is 44.7 cm³/mol. The topological polar surface area (TPSA) is 18.5 Å². The fourth-order valence-corrected chi connectivity index (χ4v) is 3.46. The molecule has 0 radical (unpaired) electrons. The van der Waals surface area contributed by atoms with Gasteiger partial charge in [-0.15, -0.1) is 0 Å². The van der Waals surface area contributed by atoms with Gasteiger partial charge in [-0.2, -0.15) is 0 Å². The summed E-state index contributed by atoms with van der Waals surface area (Å²) in [5.74, 6) is 0.716. The molecule has 2 nitrogen and oxygen atoms in total. The number of hydrogen-bond acceptors (Lipinski definition) is 2. The maximum absolute atomic E-state index is 5.86. The largest absolute Gasteiger partial charge is 0.349 e. The lowest BCUT2D eigenvalue weighted by Crippen LogP contribution is -2.58. The van der Waals surface area contributed by atoms with Crippen LogP contribution in [0.15, 0.2) is 0 Å². The molecule has 2 aliphatic heterocycles. The molecule has 3 rings (SSSR count). The lowest BCUT2D eigenvalue weighted by molar-refractivity contribution is -0.205. The average molecular weight is 168 g/mol. The summed E-state index contributed by atoms with van der Waals surface area (Å²) in [6, 6.07) is 0. The van der Waals surface area contributed by atoms with E-state index in [1.165, 1.54) is 6.42 Å². The summed E-state index contributed by atoms with van der Waals surface area (Å²) in [6.07, 6.45) is 2.91. The first-order chi connectivity index (χ1) is 5.52. The molecule has 1 saturated carbocycles. The predicted octanol–water partition coefficient (Wildman–Crippen LogP) is 1.94. The molecule has 2 saturated heterocycles. The second-order valence-corrected chi connectivity index (χ2v) is 5.27. The van der Waals surface area contributed by atoms with Crippen molar-refractivity contribution in [3.05, 3.63) is 0 Å². The van der Waals surface area contributed by atoms with Crippen LogP contribution in [0.2, 0.25) is 0 Å². The third kappa shape index (κ3) is 0.612. The second-order valence-electron chi connectivity index (χ2n) is 5.27. The Balaban J connectivity index is 2.02. The van der Waals surface area contributed by atoms with Crippen molar-refractivity contribution >= 4 is 0 Å². The number of fused-ring (bicyclic) bond motifs is 1. The summed E-state index contributed by atoms with van der Waals surface area (Å²) in [7, 11) is 0. The van der Waals surface area contributed by atoms with E-state index in [0.717, 1.165) is 6.42 Å². The van der Waals surface area contributed by atoms with Gasteiger partial charge in [0.2, 0.25) is 0 Å². The molecule has 12 heavy (non-hydrogen) atoms. The maximum Gasteiger partial charge on any atom is 0.159 e. The van der Waals surface area contributed by atoms with Crippen LogP contribution in [0.25, 0.3) is 0 Å². The average Bonchev–Trinajstić information content (AvgIpc) is 2.13. The molecule has 68 valence electrons. The highest BCUT2D eigenvalue weighted by molar-refractivity contribution is 5.13. The van der Waals surface area contributed by atoms with E-state index in [1.807, 2.05) is 0 Å². The SMILES string of the molecule is CC1(C)O[C@H]2C[C@@]3(C)[C@@H]1C[C@H]3O2. The Kier molecular flexibility index (Phi) is 1.06. The van der Waals surface area contributed by atoms with Crippen LogP contribution in [-0.4, -0.2) is 18.0 Å². The van der Waals surface area contributed by atoms with E-state index in [4.69, 9.17) is 9.47 Å². The Morgan fingerprint density at radius 3 is 2.75 bits per heavy atom. The van der Waals surface area contributed by atoms with Crippen molar-refractivity contribution in [1.82, 2.24) is 0 Å². The fourth-order valence-electron chi connectivity index (χ4n) is 3.46. The molecule has 0 amide bonds. The summed E-state index contributed by atoms with van der Waals surface area (Å²) >= 11 is 0. The molecule has 0 aromatic heterocycles. The molecule has 2 bridgehead atoms. The van der Waals surface area contributed by atoms with Crippen molar-refractivity contribution in [3.8, 4) is 0 Å². The molecule has 2 heteroatoms. The van der Waals surface area contributed by atoms with E-state index >= 15 is 0 Å². The van der Waals surface area contributed by atoms with Gasteiger partial charge in [0, 0.05) is 11.8 Å². The van der Waals surface area contributed by atoms with Crippen LogP contribution in [0.3, 0.4) is 0 Å². The lowest BCUT2D eigenvalue weighted by Gasteiger charge is -2.56. The van der Waals surface area contributed by atoms with Crippen LogP contribution in [0.5, 0.6) is 0 Å². The minimum absolute atomic E-state index is 0.0463.